The standard InChI is InChI=1S/C13H14N2O2/c1-10-3-4-13(17-10)12(16)9-15(2)11-5-7-14-8-6-11/h3-8H,9H2,1-2H3. The molecule has 0 N–H and O–H groups in total. The lowest BCUT2D eigenvalue weighted by molar-refractivity contribution is 0.0973. The number of anilines is 1. The van der Waals surface area contributed by atoms with Gasteiger partial charge in [-0.25, -0.2) is 0 Å². The minimum atomic E-state index is -0.0302. The molecule has 0 saturated heterocycles. The summed E-state index contributed by atoms with van der Waals surface area (Å²) in [4.78, 5) is 17.7. The topological polar surface area (TPSA) is 46.3 Å². The lowest BCUT2D eigenvalue weighted by Gasteiger charge is -2.17. The van der Waals surface area contributed by atoms with E-state index in [0.29, 0.717) is 5.76 Å². The Morgan fingerprint density at radius 2 is 2.00 bits per heavy atom. The monoisotopic (exact) mass is 230 g/mol. The molecule has 4 heteroatoms. The summed E-state index contributed by atoms with van der Waals surface area (Å²) < 4.78 is 5.29. The smallest absolute Gasteiger partial charge is 0.217 e. The van der Waals surface area contributed by atoms with Crippen molar-refractivity contribution < 1.29 is 9.21 Å². The van der Waals surface area contributed by atoms with Crippen LogP contribution in [0.3, 0.4) is 0 Å². The van der Waals surface area contributed by atoms with Crippen LogP contribution < -0.4 is 4.90 Å². The molecule has 0 aliphatic rings. The molecule has 2 aromatic rings. The third-order valence-corrected chi connectivity index (χ3v) is 2.50. The molecule has 0 aliphatic carbocycles. The molecule has 0 amide bonds. The summed E-state index contributed by atoms with van der Waals surface area (Å²) in [5.41, 5.74) is 0.955. The minimum Gasteiger partial charge on any atom is -0.458 e. The van der Waals surface area contributed by atoms with Crippen LogP contribution in [-0.2, 0) is 0 Å². The molecule has 4 nitrogen and oxygen atoms in total. The van der Waals surface area contributed by atoms with Crippen molar-refractivity contribution in [2.24, 2.45) is 0 Å². The van der Waals surface area contributed by atoms with Gasteiger partial charge in [0.15, 0.2) is 5.76 Å². The van der Waals surface area contributed by atoms with E-state index in [0.717, 1.165) is 11.4 Å². The summed E-state index contributed by atoms with van der Waals surface area (Å²) in [6, 6.07) is 7.22. The predicted molar refractivity (Wildman–Crippen MR) is 65.3 cm³/mol. The fourth-order valence-corrected chi connectivity index (χ4v) is 1.57. The van der Waals surface area contributed by atoms with E-state index in [1.54, 1.807) is 24.5 Å². The van der Waals surface area contributed by atoms with Gasteiger partial charge in [-0.2, -0.15) is 0 Å². The van der Waals surface area contributed by atoms with Crippen LogP contribution in [0, 0.1) is 6.92 Å². The molecule has 88 valence electrons. The van der Waals surface area contributed by atoms with Gasteiger partial charge in [0.05, 0.1) is 6.54 Å². The molecule has 2 rings (SSSR count). The third kappa shape index (κ3) is 2.72. The highest BCUT2D eigenvalue weighted by atomic mass is 16.3. The van der Waals surface area contributed by atoms with Crippen LogP contribution in [0.2, 0.25) is 0 Å². The molecule has 0 spiro atoms. The average molecular weight is 230 g/mol. The predicted octanol–water partition coefficient (Wildman–Crippen LogP) is 2.30. The SMILES string of the molecule is Cc1ccc(C(=O)CN(C)c2ccncc2)o1. The highest BCUT2D eigenvalue weighted by molar-refractivity contribution is 5.96. The number of pyridine rings is 1. The molecular weight excluding hydrogens is 216 g/mol. The zero-order chi connectivity index (χ0) is 12.3. The molecule has 0 atom stereocenters. The molecule has 0 fully saturated rings. The number of carbonyl (C=O) groups excluding carboxylic acids is 1. The molecule has 0 aromatic carbocycles. The number of ketones is 1. The van der Waals surface area contributed by atoms with E-state index in [9.17, 15) is 4.79 Å². The highest BCUT2D eigenvalue weighted by Crippen LogP contribution is 2.12. The Bertz CT molecular complexity index is 505. The van der Waals surface area contributed by atoms with Crippen molar-refractivity contribution in [3.05, 3.63) is 48.2 Å². The third-order valence-electron chi connectivity index (χ3n) is 2.50. The maximum Gasteiger partial charge on any atom is 0.217 e. The van der Waals surface area contributed by atoms with Crippen LogP contribution in [0.25, 0.3) is 0 Å². The van der Waals surface area contributed by atoms with Gasteiger partial charge in [-0.1, -0.05) is 0 Å². The van der Waals surface area contributed by atoms with Gasteiger partial charge < -0.3 is 9.32 Å². The van der Waals surface area contributed by atoms with Gasteiger partial charge in [0, 0.05) is 25.1 Å². The molecule has 0 radical (unpaired) electrons. The van der Waals surface area contributed by atoms with Crippen molar-refractivity contribution >= 4 is 11.5 Å². The Hall–Kier alpha value is -2.10. The zero-order valence-corrected chi connectivity index (χ0v) is 9.88. The van der Waals surface area contributed by atoms with Gasteiger partial charge >= 0.3 is 0 Å². The zero-order valence-electron chi connectivity index (χ0n) is 9.88. The van der Waals surface area contributed by atoms with Crippen LogP contribution in [0.4, 0.5) is 5.69 Å². The Morgan fingerprint density at radius 3 is 2.59 bits per heavy atom. The first-order valence-electron chi connectivity index (χ1n) is 5.37. The number of carbonyl (C=O) groups is 1. The van der Waals surface area contributed by atoms with E-state index in [1.165, 1.54) is 0 Å². The lowest BCUT2D eigenvalue weighted by Crippen LogP contribution is -2.25. The number of likely N-dealkylation sites (N-methyl/N-ethyl adjacent to an activating group) is 1. The van der Waals surface area contributed by atoms with E-state index in [-0.39, 0.29) is 12.3 Å². The molecular formula is C13H14N2O2. The molecule has 2 aromatic heterocycles. The molecule has 17 heavy (non-hydrogen) atoms. The number of rotatable bonds is 4. The minimum absolute atomic E-state index is 0.0302. The second kappa shape index (κ2) is 4.82. The number of nitrogens with zero attached hydrogens (tertiary/aromatic N) is 2. The van der Waals surface area contributed by atoms with Crippen molar-refractivity contribution in [1.82, 2.24) is 4.98 Å². The summed E-state index contributed by atoms with van der Waals surface area (Å²) in [6.45, 7) is 2.11. The summed E-state index contributed by atoms with van der Waals surface area (Å²) >= 11 is 0. The van der Waals surface area contributed by atoms with Crippen LogP contribution in [0.5, 0.6) is 0 Å². The van der Waals surface area contributed by atoms with Crippen LogP contribution in [0.1, 0.15) is 16.3 Å². The molecule has 0 bridgehead atoms. The number of hydrogen-bond donors (Lipinski definition) is 0. The van der Waals surface area contributed by atoms with Gasteiger partial charge in [0.1, 0.15) is 5.76 Å². The first-order chi connectivity index (χ1) is 8.16. The van der Waals surface area contributed by atoms with Gasteiger partial charge in [0.25, 0.3) is 0 Å². The summed E-state index contributed by atoms with van der Waals surface area (Å²) in [7, 11) is 1.86. The second-order valence-corrected chi connectivity index (χ2v) is 3.89. The maximum absolute atomic E-state index is 11.9. The van der Waals surface area contributed by atoms with E-state index in [1.807, 2.05) is 31.0 Å². The normalized spacial score (nSPS) is 10.2. The molecule has 0 unspecified atom stereocenters. The first kappa shape index (κ1) is 11.4. The van der Waals surface area contributed by atoms with Crippen molar-refractivity contribution in [3.8, 4) is 0 Å². The van der Waals surface area contributed by atoms with Crippen LogP contribution >= 0.6 is 0 Å². The Kier molecular flexibility index (Phi) is 3.23. The van der Waals surface area contributed by atoms with Crippen molar-refractivity contribution in [1.29, 1.82) is 0 Å². The first-order valence-corrected chi connectivity index (χ1v) is 5.37. The highest BCUT2D eigenvalue weighted by Gasteiger charge is 2.12. The van der Waals surface area contributed by atoms with Crippen molar-refractivity contribution in [2.45, 2.75) is 6.92 Å². The largest absolute Gasteiger partial charge is 0.458 e. The number of aryl methyl sites for hydroxylation is 1. The van der Waals surface area contributed by atoms with Gasteiger partial charge in [-0.15, -0.1) is 0 Å². The van der Waals surface area contributed by atoms with Crippen LogP contribution in [0.15, 0.2) is 41.1 Å². The average Bonchev–Trinajstić information content (AvgIpc) is 2.77. The Labute approximate surface area is 99.9 Å². The van der Waals surface area contributed by atoms with Crippen LogP contribution in [-0.4, -0.2) is 24.4 Å². The molecule has 0 aliphatic heterocycles. The Morgan fingerprint density at radius 1 is 1.29 bits per heavy atom. The maximum atomic E-state index is 11.9. The summed E-state index contributed by atoms with van der Waals surface area (Å²) in [6.07, 6.45) is 3.40. The van der Waals surface area contributed by atoms with E-state index in [4.69, 9.17) is 4.42 Å². The fourth-order valence-electron chi connectivity index (χ4n) is 1.57. The van der Waals surface area contributed by atoms with E-state index in [2.05, 4.69) is 4.98 Å². The van der Waals surface area contributed by atoms with Gasteiger partial charge in [0.2, 0.25) is 5.78 Å². The van der Waals surface area contributed by atoms with Gasteiger partial charge in [-0.3, -0.25) is 9.78 Å². The number of Topliss-reactive ketones (excluding diaryl/α,β-unsaturated/α-hetero) is 1. The second-order valence-electron chi connectivity index (χ2n) is 3.89. The summed E-state index contributed by atoms with van der Waals surface area (Å²) in [5, 5.41) is 0. The fraction of sp³-hybridized carbons (Fsp3) is 0.231. The van der Waals surface area contributed by atoms with Gasteiger partial charge in [-0.05, 0) is 31.2 Å². The number of aromatic nitrogens is 1. The quantitative estimate of drug-likeness (QED) is 0.756. The number of furan rings is 1. The molecule has 0 saturated carbocycles. The van der Waals surface area contributed by atoms with Crippen molar-refractivity contribution in [2.75, 3.05) is 18.5 Å². The number of hydrogen-bond acceptors (Lipinski definition) is 4. The van der Waals surface area contributed by atoms with E-state index >= 15 is 0 Å². The van der Waals surface area contributed by atoms with E-state index < -0.39 is 0 Å². The van der Waals surface area contributed by atoms with Crippen molar-refractivity contribution in [3.63, 3.8) is 0 Å². The molecule has 2 heterocycles. The Balaban J connectivity index is 2.04. The lowest BCUT2D eigenvalue weighted by atomic mass is 10.2. The summed E-state index contributed by atoms with van der Waals surface area (Å²) in [5.74, 6) is 1.13.